The van der Waals surface area contributed by atoms with Crippen LogP contribution in [0.25, 0.3) is 0 Å². The first-order chi connectivity index (χ1) is 5.34. The summed E-state index contributed by atoms with van der Waals surface area (Å²) in [5.41, 5.74) is 1.51. The van der Waals surface area contributed by atoms with Crippen LogP contribution in [0.4, 0.5) is 0 Å². The second kappa shape index (κ2) is 1.80. The molecule has 58 valence electrons. The maximum absolute atomic E-state index is 4.11. The Hall–Kier alpha value is -0.520. The Kier molecular flexibility index (Phi) is 0.988. The van der Waals surface area contributed by atoms with Crippen LogP contribution in [-0.2, 0) is 0 Å². The van der Waals surface area contributed by atoms with Gasteiger partial charge < -0.3 is 0 Å². The van der Waals surface area contributed by atoms with Gasteiger partial charge in [0.05, 0.1) is 0 Å². The van der Waals surface area contributed by atoms with E-state index in [1.165, 1.54) is 24.8 Å². The van der Waals surface area contributed by atoms with Crippen LogP contribution < -0.4 is 0 Å². The molecule has 2 fully saturated rings. The highest BCUT2D eigenvalue weighted by molar-refractivity contribution is 5.21. The van der Waals surface area contributed by atoms with Crippen LogP contribution >= 0.6 is 0 Å². The molecule has 0 aliphatic heterocycles. The van der Waals surface area contributed by atoms with Gasteiger partial charge in [-0.15, -0.1) is 0 Å². The Bertz CT molecular complexity index is 214. The Morgan fingerprint density at radius 1 is 1.09 bits per heavy atom. The molecule has 3 rings (SSSR count). The molecule has 0 N–H and O–H groups in total. The zero-order valence-electron chi connectivity index (χ0n) is 6.79. The van der Waals surface area contributed by atoms with Gasteiger partial charge in [0.15, 0.2) is 0 Å². The van der Waals surface area contributed by atoms with Crippen LogP contribution in [0.15, 0.2) is 24.3 Å². The molecular weight excluding hydrogens is 132 g/mol. The SMILES string of the molecule is C=C1C[C@@H]2[C@H](C1)[C@H]1C=C[C@@H]2C1. The summed E-state index contributed by atoms with van der Waals surface area (Å²) in [6.45, 7) is 4.11. The molecule has 0 aromatic heterocycles. The molecule has 0 amide bonds. The highest BCUT2D eigenvalue weighted by Crippen LogP contribution is 2.56. The summed E-state index contributed by atoms with van der Waals surface area (Å²) in [5, 5.41) is 0. The maximum atomic E-state index is 4.11. The smallest absolute Gasteiger partial charge is 0.0193 e. The maximum Gasteiger partial charge on any atom is -0.0193 e. The van der Waals surface area contributed by atoms with Crippen LogP contribution in [0.2, 0.25) is 0 Å². The fraction of sp³-hybridized carbons (Fsp3) is 0.636. The van der Waals surface area contributed by atoms with Gasteiger partial charge >= 0.3 is 0 Å². The van der Waals surface area contributed by atoms with E-state index in [1.807, 2.05) is 0 Å². The first-order valence-corrected chi connectivity index (χ1v) is 4.69. The lowest BCUT2D eigenvalue weighted by molar-refractivity contribution is 0.364. The normalized spacial score (nSPS) is 52.2. The van der Waals surface area contributed by atoms with E-state index in [-0.39, 0.29) is 0 Å². The Labute approximate surface area is 68.0 Å². The van der Waals surface area contributed by atoms with E-state index < -0.39 is 0 Å². The van der Waals surface area contributed by atoms with Crippen molar-refractivity contribution in [1.82, 2.24) is 0 Å². The van der Waals surface area contributed by atoms with Gasteiger partial charge in [-0.05, 0) is 42.9 Å². The largest absolute Gasteiger partial charge is 0.0998 e. The van der Waals surface area contributed by atoms with Crippen molar-refractivity contribution in [3.8, 4) is 0 Å². The lowest BCUT2D eigenvalue weighted by Gasteiger charge is -2.18. The minimum Gasteiger partial charge on any atom is -0.0998 e. The van der Waals surface area contributed by atoms with Gasteiger partial charge in [-0.25, -0.2) is 0 Å². The number of rotatable bonds is 0. The minimum atomic E-state index is 0.934. The van der Waals surface area contributed by atoms with Crippen molar-refractivity contribution in [2.45, 2.75) is 19.3 Å². The average Bonchev–Trinajstić information content (AvgIpc) is 2.53. The fourth-order valence-electron chi connectivity index (χ4n) is 3.38. The second-order valence-electron chi connectivity index (χ2n) is 4.43. The first-order valence-electron chi connectivity index (χ1n) is 4.69. The molecule has 0 heterocycles. The molecule has 0 heteroatoms. The second-order valence-corrected chi connectivity index (χ2v) is 4.43. The van der Waals surface area contributed by atoms with E-state index in [1.54, 1.807) is 0 Å². The number of fused-ring (bicyclic) bond motifs is 5. The molecule has 0 radical (unpaired) electrons. The molecule has 0 spiro atoms. The van der Waals surface area contributed by atoms with Crippen LogP contribution in [0.3, 0.4) is 0 Å². The highest BCUT2D eigenvalue weighted by Gasteiger charge is 2.47. The van der Waals surface area contributed by atoms with Gasteiger partial charge in [-0.2, -0.15) is 0 Å². The molecule has 3 aliphatic rings. The average molecular weight is 146 g/mol. The molecule has 0 aromatic rings. The molecule has 0 saturated heterocycles. The van der Waals surface area contributed by atoms with Gasteiger partial charge in [-0.1, -0.05) is 24.3 Å². The summed E-state index contributed by atoms with van der Waals surface area (Å²) >= 11 is 0. The highest BCUT2D eigenvalue weighted by atomic mass is 14.5. The molecule has 0 unspecified atom stereocenters. The molecule has 2 bridgehead atoms. The molecule has 0 aromatic carbocycles. The quantitative estimate of drug-likeness (QED) is 0.461. The van der Waals surface area contributed by atoms with Crippen LogP contribution in [0.1, 0.15) is 19.3 Å². The fourth-order valence-corrected chi connectivity index (χ4v) is 3.38. The molecular formula is C11H14. The third-order valence-corrected chi connectivity index (χ3v) is 3.85. The Morgan fingerprint density at radius 2 is 1.64 bits per heavy atom. The van der Waals surface area contributed by atoms with Crippen molar-refractivity contribution in [2.75, 3.05) is 0 Å². The van der Waals surface area contributed by atoms with Crippen LogP contribution in [-0.4, -0.2) is 0 Å². The third kappa shape index (κ3) is 0.654. The van der Waals surface area contributed by atoms with Crippen molar-refractivity contribution in [3.05, 3.63) is 24.3 Å². The van der Waals surface area contributed by atoms with E-state index in [2.05, 4.69) is 18.7 Å². The lowest BCUT2D eigenvalue weighted by Crippen LogP contribution is -2.12. The lowest BCUT2D eigenvalue weighted by atomic mass is 9.86. The van der Waals surface area contributed by atoms with Gasteiger partial charge in [-0.3, -0.25) is 0 Å². The Morgan fingerprint density at radius 3 is 2.18 bits per heavy atom. The molecule has 4 atom stereocenters. The van der Waals surface area contributed by atoms with Crippen molar-refractivity contribution < 1.29 is 0 Å². The number of hydrogen-bond donors (Lipinski definition) is 0. The van der Waals surface area contributed by atoms with Crippen molar-refractivity contribution >= 4 is 0 Å². The van der Waals surface area contributed by atoms with Crippen molar-refractivity contribution in [3.63, 3.8) is 0 Å². The minimum absolute atomic E-state index is 0.934. The van der Waals surface area contributed by atoms with Gasteiger partial charge in [0, 0.05) is 0 Å². The van der Waals surface area contributed by atoms with Crippen molar-refractivity contribution in [2.24, 2.45) is 23.7 Å². The third-order valence-electron chi connectivity index (χ3n) is 3.85. The molecule has 2 saturated carbocycles. The topological polar surface area (TPSA) is 0 Å². The van der Waals surface area contributed by atoms with Crippen LogP contribution in [0, 0.1) is 23.7 Å². The summed E-state index contributed by atoms with van der Waals surface area (Å²) in [5.74, 6) is 3.86. The first kappa shape index (κ1) is 6.05. The van der Waals surface area contributed by atoms with E-state index in [4.69, 9.17) is 0 Å². The zero-order chi connectivity index (χ0) is 7.42. The van der Waals surface area contributed by atoms with E-state index >= 15 is 0 Å². The van der Waals surface area contributed by atoms with Gasteiger partial charge in [0.2, 0.25) is 0 Å². The monoisotopic (exact) mass is 146 g/mol. The summed E-state index contributed by atoms with van der Waals surface area (Å²) in [6.07, 6.45) is 9.02. The Balaban J connectivity index is 1.97. The summed E-state index contributed by atoms with van der Waals surface area (Å²) in [4.78, 5) is 0. The predicted molar refractivity (Wildman–Crippen MR) is 46.1 cm³/mol. The zero-order valence-corrected chi connectivity index (χ0v) is 6.79. The molecule has 3 aliphatic carbocycles. The molecule has 11 heavy (non-hydrogen) atoms. The van der Waals surface area contributed by atoms with E-state index in [9.17, 15) is 0 Å². The summed E-state index contributed by atoms with van der Waals surface area (Å²) in [6, 6.07) is 0. The van der Waals surface area contributed by atoms with Crippen molar-refractivity contribution in [1.29, 1.82) is 0 Å². The van der Waals surface area contributed by atoms with E-state index in [0.717, 1.165) is 23.7 Å². The standard InChI is InChI=1S/C11H14/c1-7-4-10-8-2-3-9(6-8)11(10)5-7/h2-3,8-11H,1,4-6H2/t8-,9+,10+,11-. The predicted octanol–water partition coefficient (Wildman–Crippen LogP) is 2.77. The summed E-state index contributed by atoms with van der Waals surface area (Å²) < 4.78 is 0. The van der Waals surface area contributed by atoms with E-state index in [0.29, 0.717) is 0 Å². The van der Waals surface area contributed by atoms with Gasteiger partial charge in [0.25, 0.3) is 0 Å². The van der Waals surface area contributed by atoms with Crippen LogP contribution in [0.5, 0.6) is 0 Å². The number of hydrogen-bond acceptors (Lipinski definition) is 0. The summed E-state index contributed by atoms with van der Waals surface area (Å²) in [7, 11) is 0. The number of allylic oxidation sites excluding steroid dienone is 3. The molecule has 0 nitrogen and oxygen atoms in total. The van der Waals surface area contributed by atoms with Gasteiger partial charge in [0.1, 0.15) is 0 Å².